The molecule has 100 valence electrons. The van der Waals surface area contributed by atoms with Crippen LogP contribution in [0.2, 0.25) is 0 Å². The second kappa shape index (κ2) is 6.72. The molecule has 0 bridgehead atoms. The third-order valence-corrected chi connectivity index (χ3v) is 3.76. The van der Waals surface area contributed by atoms with E-state index in [2.05, 4.69) is 13.8 Å². The average molecular weight is 242 g/mol. The van der Waals surface area contributed by atoms with E-state index in [1.54, 1.807) is 0 Å². The highest BCUT2D eigenvalue weighted by Crippen LogP contribution is 2.39. The van der Waals surface area contributed by atoms with Crippen LogP contribution in [0, 0.1) is 0 Å². The third-order valence-electron chi connectivity index (χ3n) is 3.76. The van der Waals surface area contributed by atoms with E-state index in [-0.39, 0.29) is 12.2 Å². The molecule has 0 radical (unpaired) electrons. The van der Waals surface area contributed by atoms with Gasteiger partial charge in [-0.2, -0.15) is 0 Å². The van der Waals surface area contributed by atoms with Crippen LogP contribution in [-0.2, 0) is 14.5 Å². The van der Waals surface area contributed by atoms with E-state index < -0.39 is 0 Å². The SMILES string of the molecule is CCCCCCC[C@H]1OO[C@@H](CCC)[C@@H]2O[C@@H]21. The van der Waals surface area contributed by atoms with Crippen LogP contribution in [0.1, 0.15) is 65.2 Å². The topological polar surface area (TPSA) is 31.0 Å². The fourth-order valence-electron chi connectivity index (χ4n) is 2.65. The van der Waals surface area contributed by atoms with E-state index in [1.807, 2.05) is 0 Å². The standard InChI is InChI=1S/C14H26O3/c1-3-5-6-7-8-10-12-14-13(15-14)11(9-4-2)16-17-12/h11-14H,3-10H2,1-2H3/t11-,12+,13-,14+/m0/s1. The molecule has 2 heterocycles. The predicted octanol–water partition coefficient (Wildman–Crippen LogP) is 3.61. The van der Waals surface area contributed by atoms with Crippen LogP contribution in [-0.4, -0.2) is 24.4 Å². The summed E-state index contributed by atoms with van der Waals surface area (Å²) in [4.78, 5) is 10.9. The summed E-state index contributed by atoms with van der Waals surface area (Å²) in [5.74, 6) is 0. The second-order valence-electron chi connectivity index (χ2n) is 5.33. The van der Waals surface area contributed by atoms with Crippen LogP contribution in [0.3, 0.4) is 0 Å². The van der Waals surface area contributed by atoms with Crippen molar-refractivity contribution in [1.82, 2.24) is 0 Å². The van der Waals surface area contributed by atoms with E-state index in [4.69, 9.17) is 14.5 Å². The van der Waals surface area contributed by atoms with Gasteiger partial charge in [0, 0.05) is 0 Å². The van der Waals surface area contributed by atoms with Crippen LogP contribution in [0.4, 0.5) is 0 Å². The molecule has 0 aromatic heterocycles. The molecule has 0 N–H and O–H groups in total. The summed E-state index contributed by atoms with van der Waals surface area (Å²) in [7, 11) is 0. The quantitative estimate of drug-likeness (QED) is 0.370. The van der Waals surface area contributed by atoms with Crippen molar-refractivity contribution < 1.29 is 14.5 Å². The van der Waals surface area contributed by atoms with E-state index in [0.29, 0.717) is 12.2 Å². The monoisotopic (exact) mass is 242 g/mol. The van der Waals surface area contributed by atoms with Crippen molar-refractivity contribution in [3.63, 3.8) is 0 Å². The molecular weight excluding hydrogens is 216 g/mol. The Bertz CT molecular complexity index is 220. The Morgan fingerprint density at radius 1 is 0.706 bits per heavy atom. The molecule has 0 saturated carbocycles. The largest absolute Gasteiger partial charge is 0.364 e. The summed E-state index contributed by atoms with van der Waals surface area (Å²) >= 11 is 0. The fraction of sp³-hybridized carbons (Fsp3) is 1.00. The Hall–Kier alpha value is -0.120. The number of rotatable bonds is 8. The van der Waals surface area contributed by atoms with Gasteiger partial charge in [-0.25, -0.2) is 9.78 Å². The maximum atomic E-state index is 5.68. The Kier molecular flexibility index (Phi) is 5.26. The summed E-state index contributed by atoms with van der Waals surface area (Å²) in [6.07, 6.45) is 10.8. The zero-order valence-corrected chi connectivity index (χ0v) is 11.2. The summed E-state index contributed by atoms with van der Waals surface area (Å²) in [5, 5.41) is 0. The smallest absolute Gasteiger partial charge is 0.122 e. The van der Waals surface area contributed by atoms with Crippen molar-refractivity contribution in [2.24, 2.45) is 0 Å². The number of hydrogen-bond donors (Lipinski definition) is 0. The molecular formula is C14H26O3. The Balaban J connectivity index is 1.59. The molecule has 0 spiro atoms. The molecule has 2 aliphatic heterocycles. The molecule has 17 heavy (non-hydrogen) atoms. The van der Waals surface area contributed by atoms with Crippen LogP contribution in [0.25, 0.3) is 0 Å². The first kappa shape index (κ1) is 13.3. The highest BCUT2D eigenvalue weighted by molar-refractivity contribution is 4.97. The van der Waals surface area contributed by atoms with Gasteiger partial charge >= 0.3 is 0 Å². The first-order valence-electron chi connectivity index (χ1n) is 7.34. The Morgan fingerprint density at radius 2 is 1.35 bits per heavy atom. The molecule has 2 saturated heterocycles. The van der Waals surface area contributed by atoms with E-state index >= 15 is 0 Å². The van der Waals surface area contributed by atoms with Crippen molar-refractivity contribution in [3.8, 4) is 0 Å². The third kappa shape index (κ3) is 3.67. The van der Waals surface area contributed by atoms with Crippen LogP contribution in [0.15, 0.2) is 0 Å². The number of epoxide rings is 1. The molecule has 3 nitrogen and oxygen atoms in total. The van der Waals surface area contributed by atoms with Gasteiger partial charge in [0.05, 0.1) is 0 Å². The van der Waals surface area contributed by atoms with Gasteiger partial charge in [0.2, 0.25) is 0 Å². The number of unbranched alkanes of at least 4 members (excludes halogenated alkanes) is 4. The first-order valence-corrected chi connectivity index (χ1v) is 7.34. The number of ether oxygens (including phenoxy) is 1. The van der Waals surface area contributed by atoms with Gasteiger partial charge in [-0.1, -0.05) is 52.4 Å². The lowest BCUT2D eigenvalue weighted by molar-refractivity contribution is -0.366. The highest BCUT2D eigenvalue weighted by atomic mass is 17.2. The maximum Gasteiger partial charge on any atom is 0.122 e. The van der Waals surface area contributed by atoms with E-state index in [9.17, 15) is 0 Å². The molecule has 0 aromatic rings. The Morgan fingerprint density at radius 3 is 2.00 bits per heavy atom. The van der Waals surface area contributed by atoms with Crippen molar-refractivity contribution >= 4 is 0 Å². The zero-order chi connectivity index (χ0) is 12.1. The number of hydrogen-bond acceptors (Lipinski definition) is 3. The molecule has 0 unspecified atom stereocenters. The number of fused-ring (bicyclic) bond motifs is 1. The Labute approximate surface area is 105 Å². The zero-order valence-electron chi connectivity index (χ0n) is 11.2. The van der Waals surface area contributed by atoms with Crippen molar-refractivity contribution in [1.29, 1.82) is 0 Å². The minimum atomic E-state index is 0.182. The van der Waals surface area contributed by atoms with E-state index in [1.165, 1.54) is 32.1 Å². The van der Waals surface area contributed by atoms with Gasteiger partial charge in [0.1, 0.15) is 24.4 Å². The van der Waals surface area contributed by atoms with Crippen LogP contribution >= 0.6 is 0 Å². The maximum absolute atomic E-state index is 5.68. The molecule has 2 rings (SSSR count). The molecule has 4 atom stereocenters. The molecule has 2 fully saturated rings. The fourth-order valence-corrected chi connectivity index (χ4v) is 2.65. The minimum absolute atomic E-state index is 0.182. The summed E-state index contributed by atoms with van der Waals surface area (Å²) in [6, 6.07) is 0. The van der Waals surface area contributed by atoms with Crippen molar-refractivity contribution in [3.05, 3.63) is 0 Å². The average Bonchev–Trinajstić information content (AvgIpc) is 3.12. The van der Waals surface area contributed by atoms with Gasteiger partial charge in [0.25, 0.3) is 0 Å². The van der Waals surface area contributed by atoms with Crippen molar-refractivity contribution in [2.45, 2.75) is 89.6 Å². The predicted molar refractivity (Wildman–Crippen MR) is 66.7 cm³/mol. The lowest BCUT2D eigenvalue weighted by Gasteiger charge is -2.24. The highest BCUT2D eigenvalue weighted by Gasteiger charge is 2.54. The first-order chi connectivity index (χ1) is 8.36. The molecule has 3 heteroatoms. The van der Waals surface area contributed by atoms with Crippen LogP contribution in [0.5, 0.6) is 0 Å². The van der Waals surface area contributed by atoms with Gasteiger partial charge in [0.15, 0.2) is 0 Å². The lowest BCUT2D eigenvalue weighted by Crippen LogP contribution is -2.35. The van der Waals surface area contributed by atoms with Crippen molar-refractivity contribution in [2.75, 3.05) is 0 Å². The van der Waals surface area contributed by atoms with E-state index in [0.717, 1.165) is 19.3 Å². The molecule has 2 aliphatic rings. The summed E-state index contributed by atoms with van der Waals surface area (Å²) < 4.78 is 5.68. The van der Waals surface area contributed by atoms with Gasteiger partial charge in [-0.15, -0.1) is 0 Å². The van der Waals surface area contributed by atoms with Gasteiger partial charge < -0.3 is 4.74 Å². The summed E-state index contributed by atoms with van der Waals surface area (Å²) in [5.41, 5.74) is 0. The molecule has 0 aliphatic carbocycles. The van der Waals surface area contributed by atoms with Crippen LogP contribution < -0.4 is 0 Å². The van der Waals surface area contributed by atoms with Gasteiger partial charge in [-0.05, 0) is 12.8 Å². The summed E-state index contributed by atoms with van der Waals surface area (Å²) in [6.45, 7) is 4.41. The molecule has 0 amide bonds. The lowest BCUT2D eigenvalue weighted by atomic mass is 10.0. The molecule has 0 aromatic carbocycles. The minimum Gasteiger partial charge on any atom is -0.364 e. The normalized spacial score (nSPS) is 35.6. The van der Waals surface area contributed by atoms with Gasteiger partial charge in [-0.3, -0.25) is 0 Å². The second-order valence-corrected chi connectivity index (χ2v) is 5.33.